The molecule has 1 heterocycles. The van der Waals surface area contributed by atoms with E-state index in [9.17, 15) is 8.42 Å². The molecule has 0 spiro atoms. The Kier molecular flexibility index (Phi) is 5.65. The summed E-state index contributed by atoms with van der Waals surface area (Å²) >= 11 is 4.28. The largest absolute Gasteiger partial charge is 0.310 e. The highest BCUT2D eigenvalue weighted by Gasteiger charge is 2.21. The molecule has 108 valence electrons. The first-order valence-corrected chi connectivity index (χ1v) is 10.2. The molecule has 0 radical (unpaired) electrons. The van der Waals surface area contributed by atoms with Crippen LogP contribution in [0, 0.1) is 2.88 Å². The zero-order valence-electron chi connectivity index (χ0n) is 10.9. The van der Waals surface area contributed by atoms with Gasteiger partial charge >= 0.3 is 0 Å². The number of aryl methyl sites for hydroxylation is 1. The van der Waals surface area contributed by atoms with Crippen LogP contribution in [0.1, 0.15) is 35.7 Å². The van der Waals surface area contributed by atoms with Crippen molar-refractivity contribution in [2.75, 3.05) is 19.3 Å². The zero-order chi connectivity index (χ0) is 13.9. The molecule has 0 aliphatic heterocycles. The summed E-state index contributed by atoms with van der Waals surface area (Å²) in [5, 5.41) is 3.55. The first-order chi connectivity index (χ1) is 8.96. The second-order valence-corrected chi connectivity index (χ2v) is 9.71. The van der Waals surface area contributed by atoms with Crippen LogP contribution in [-0.2, 0) is 16.4 Å². The third-order valence-corrected chi connectivity index (χ3v) is 5.89. The molecule has 2 N–H and O–H groups in total. The molecule has 19 heavy (non-hydrogen) atoms. The molecule has 1 aliphatic carbocycles. The molecular formula is C12H19IN2O2S2. The molecule has 1 aliphatic rings. The molecule has 1 atom stereocenters. The summed E-state index contributed by atoms with van der Waals surface area (Å²) in [6.45, 7) is 1.35. The number of hydrogen-bond acceptors (Lipinski definition) is 4. The van der Waals surface area contributed by atoms with Crippen LogP contribution in [0.2, 0.25) is 0 Å². The minimum absolute atomic E-state index is 0.446. The highest BCUT2D eigenvalue weighted by molar-refractivity contribution is 14.1. The Morgan fingerprint density at radius 3 is 3.00 bits per heavy atom. The van der Waals surface area contributed by atoms with E-state index in [4.69, 9.17) is 0 Å². The van der Waals surface area contributed by atoms with Crippen molar-refractivity contribution in [2.24, 2.45) is 0 Å². The molecular weight excluding hydrogens is 395 g/mol. The third-order valence-electron chi connectivity index (χ3n) is 3.19. The maximum Gasteiger partial charge on any atom is 0.208 e. The predicted octanol–water partition coefficient (Wildman–Crippen LogP) is 2.26. The fourth-order valence-corrected chi connectivity index (χ4v) is 4.99. The Bertz CT molecular complexity index is 528. The molecule has 0 saturated heterocycles. The Morgan fingerprint density at radius 1 is 1.47 bits per heavy atom. The van der Waals surface area contributed by atoms with E-state index in [0.717, 1.165) is 13.0 Å². The Labute approximate surface area is 132 Å². The smallest absolute Gasteiger partial charge is 0.208 e. The summed E-state index contributed by atoms with van der Waals surface area (Å²) in [5.41, 5.74) is 1.46. The van der Waals surface area contributed by atoms with Crippen LogP contribution in [0.25, 0.3) is 0 Å². The van der Waals surface area contributed by atoms with Crippen molar-refractivity contribution in [1.82, 2.24) is 10.0 Å². The number of fused-ring (bicyclic) bond motifs is 1. The lowest BCUT2D eigenvalue weighted by atomic mass is 9.94. The molecule has 2 rings (SSSR count). The van der Waals surface area contributed by atoms with E-state index < -0.39 is 10.0 Å². The van der Waals surface area contributed by atoms with Gasteiger partial charge in [-0.3, -0.25) is 0 Å². The van der Waals surface area contributed by atoms with Gasteiger partial charge in [0.15, 0.2) is 0 Å². The third kappa shape index (κ3) is 4.96. The van der Waals surface area contributed by atoms with Crippen LogP contribution >= 0.6 is 33.9 Å². The lowest BCUT2D eigenvalue weighted by molar-refractivity contribution is 0.459. The van der Waals surface area contributed by atoms with Crippen molar-refractivity contribution >= 4 is 44.0 Å². The number of nitrogens with one attached hydrogen (secondary N) is 2. The van der Waals surface area contributed by atoms with E-state index in [-0.39, 0.29) is 0 Å². The molecule has 0 aromatic carbocycles. The highest BCUT2D eigenvalue weighted by atomic mass is 127. The van der Waals surface area contributed by atoms with Crippen LogP contribution in [0.4, 0.5) is 0 Å². The monoisotopic (exact) mass is 414 g/mol. The lowest BCUT2D eigenvalue weighted by Gasteiger charge is -2.23. The van der Waals surface area contributed by atoms with E-state index in [0.29, 0.717) is 12.6 Å². The van der Waals surface area contributed by atoms with E-state index >= 15 is 0 Å². The van der Waals surface area contributed by atoms with Gasteiger partial charge in [-0.05, 0) is 66.4 Å². The highest BCUT2D eigenvalue weighted by Crippen LogP contribution is 2.36. The normalized spacial score (nSPS) is 19.4. The van der Waals surface area contributed by atoms with Crippen LogP contribution < -0.4 is 10.0 Å². The van der Waals surface area contributed by atoms with Gasteiger partial charge in [-0.15, -0.1) is 11.3 Å². The van der Waals surface area contributed by atoms with Gasteiger partial charge in [-0.1, -0.05) is 0 Å². The number of halogens is 1. The Morgan fingerprint density at radius 2 is 2.26 bits per heavy atom. The molecule has 1 aromatic rings. The lowest BCUT2D eigenvalue weighted by Crippen LogP contribution is -2.29. The van der Waals surface area contributed by atoms with Gasteiger partial charge in [0, 0.05) is 17.5 Å². The van der Waals surface area contributed by atoms with E-state index in [1.807, 2.05) is 11.3 Å². The van der Waals surface area contributed by atoms with Gasteiger partial charge in [0.2, 0.25) is 10.0 Å². The number of sulfonamides is 1. The first-order valence-electron chi connectivity index (χ1n) is 6.42. The van der Waals surface area contributed by atoms with Crippen molar-refractivity contribution in [3.8, 4) is 0 Å². The van der Waals surface area contributed by atoms with Crippen molar-refractivity contribution in [1.29, 1.82) is 0 Å². The summed E-state index contributed by atoms with van der Waals surface area (Å²) in [6.07, 6.45) is 5.64. The van der Waals surface area contributed by atoms with Gasteiger partial charge in [0.25, 0.3) is 0 Å². The Balaban J connectivity index is 1.78. The number of thiophene rings is 1. The average Bonchev–Trinajstić information content (AvgIpc) is 2.68. The van der Waals surface area contributed by atoms with E-state index in [1.54, 1.807) is 0 Å². The second-order valence-electron chi connectivity index (χ2n) is 4.85. The van der Waals surface area contributed by atoms with Gasteiger partial charge in [-0.25, -0.2) is 13.1 Å². The Hall–Kier alpha value is 0.300. The quantitative estimate of drug-likeness (QED) is 0.555. The topological polar surface area (TPSA) is 58.2 Å². The van der Waals surface area contributed by atoms with Crippen LogP contribution in [0.5, 0.6) is 0 Å². The van der Waals surface area contributed by atoms with E-state index in [2.05, 4.69) is 38.7 Å². The van der Waals surface area contributed by atoms with Crippen LogP contribution in [0.15, 0.2) is 6.07 Å². The minimum Gasteiger partial charge on any atom is -0.310 e. The van der Waals surface area contributed by atoms with Crippen LogP contribution in [-0.4, -0.2) is 27.8 Å². The van der Waals surface area contributed by atoms with Crippen molar-refractivity contribution in [3.05, 3.63) is 19.4 Å². The molecule has 1 aromatic heterocycles. The predicted molar refractivity (Wildman–Crippen MR) is 88.2 cm³/mol. The molecule has 0 amide bonds. The average molecular weight is 414 g/mol. The summed E-state index contributed by atoms with van der Waals surface area (Å²) in [7, 11) is -3.05. The fraction of sp³-hybridized carbons (Fsp3) is 0.667. The van der Waals surface area contributed by atoms with Gasteiger partial charge < -0.3 is 5.32 Å². The SMILES string of the molecule is CS(=O)(=O)NCCCNC1CCCc2sc(I)cc21. The standard InChI is InChI=1S/C12H19IN2O2S2/c1-19(16,17)15-7-3-6-14-10-4-2-5-11-9(10)8-12(13)18-11/h8,10,14-15H,2-7H2,1H3. The van der Waals surface area contributed by atoms with Crippen molar-refractivity contribution < 1.29 is 8.42 Å². The summed E-state index contributed by atoms with van der Waals surface area (Å²) in [6, 6.07) is 2.73. The number of rotatable bonds is 6. The zero-order valence-corrected chi connectivity index (χ0v) is 14.7. The fourth-order valence-electron chi connectivity index (χ4n) is 2.36. The van der Waals surface area contributed by atoms with Gasteiger partial charge in [0.1, 0.15) is 0 Å². The summed E-state index contributed by atoms with van der Waals surface area (Å²) in [5.74, 6) is 0. The maximum atomic E-state index is 10.9. The van der Waals surface area contributed by atoms with Crippen LogP contribution in [0.3, 0.4) is 0 Å². The minimum atomic E-state index is -3.05. The van der Waals surface area contributed by atoms with Gasteiger partial charge in [0.05, 0.1) is 9.14 Å². The molecule has 7 heteroatoms. The van der Waals surface area contributed by atoms with E-state index in [1.165, 1.54) is 38.8 Å². The summed E-state index contributed by atoms with van der Waals surface area (Å²) in [4.78, 5) is 1.52. The maximum absolute atomic E-state index is 10.9. The van der Waals surface area contributed by atoms with Crippen molar-refractivity contribution in [2.45, 2.75) is 31.7 Å². The second kappa shape index (κ2) is 6.84. The van der Waals surface area contributed by atoms with Crippen molar-refractivity contribution in [3.63, 3.8) is 0 Å². The molecule has 0 fully saturated rings. The summed E-state index contributed by atoms with van der Waals surface area (Å²) < 4.78 is 25.7. The molecule has 1 unspecified atom stereocenters. The first kappa shape index (κ1) is 15.7. The number of hydrogen-bond donors (Lipinski definition) is 2. The molecule has 4 nitrogen and oxygen atoms in total. The molecule has 0 saturated carbocycles. The molecule has 0 bridgehead atoms. The van der Waals surface area contributed by atoms with Gasteiger partial charge in [-0.2, -0.15) is 0 Å².